The predicted octanol–water partition coefficient (Wildman–Crippen LogP) is 5.09. The number of ether oxygens (including phenoxy) is 1. The number of nitrogens with one attached hydrogen (secondary N) is 1. The van der Waals surface area contributed by atoms with Crippen molar-refractivity contribution in [3.63, 3.8) is 0 Å². The minimum Gasteiger partial charge on any atom is -0.445 e. The molecule has 0 aliphatic rings. The first-order chi connectivity index (χ1) is 12.1. The van der Waals surface area contributed by atoms with E-state index in [9.17, 15) is 4.79 Å². The van der Waals surface area contributed by atoms with Crippen LogP contribution in [-0.4, -0.2) is 11.1 Å². The molecule has 6 heteroatoms. The van der Waals surface area contributed by atoms with Crippen molar-refractivity contribution in [3.8, 4) is 11.3 Å². The second-order valence-electron chi connectivity index (χ2n) is 5.50. The van der Waals surface area contributed by atoms with Gasteiger partial charge in [-0.2, -0.15) is 0 Å². The molecule has 0 aliphatic heterocycles. The summed E-state index contributed by atoms with van der Waals surface area (Å²) in [5, 5.41) is 2.72. The summed E-state index contributed by atoms with van der Waals surface area (Å²) >= 11 is 3.40. The summed E-state index contributed by atoms with van der Waals surface area (Å²) in [7, 11) is 0. The monoisotopic (exact) mass is 400 g/mol. The third-order valence-corrected chi connectivity index (χ3v) is 4.10. The largest absolute Gasteiger partial charge is 0.445 e. The van der Waals surface area contributed by atoms with E-state index < -0.39 is 12.1 Å². The molecule has 0 saturated heterocycles. The van der Waals surface area contributed by atoms with Crippen LogP contribution in [0.3, 0.4) is 0 Å². The maximum Gasteiger partial charge on any atom is 0.408 e. The van der Waals surface area contributed by atoms with Crippen molar-refractivity contribution in [2.75, 3.05) is 0 Å². The lowest BCUT2D eigenvalue weighted by molar-refractivity contribution is 0.135. The number of hydrogen-bond acceptors (Lipinski definition) is 4. The molecule has 128 valence electrons. The fourth-order valence-corrected chi connectivity index (χ4v) is 2.50. The zero-order valence-electron chi connectivity index (χ0n) is 13.6. The Hall–Kier alpha value is -2.60. The number of hydrogen-bond donors (Lipinski definition) is 1. The van der Waals surface area contributed by atoms with Gasteiger partial charge < -0.3 is 14.5 Å². The summed E-state index contributed by atoms with van der Waals surface area (Å²) in [6.07, 6.45) is 1.13. The quantitative estimate of drug-likeness (QED) is 0.647. The molecule has 2 aromatic carbocycles. The highest BCUT2D eigenvalue weighted by Crippen LogP contribution is 2.24. The second-order valence-corrected chi connectivity index (χ2v) is 6.41. The number of alkyl carbamates (subject to hydrolysis) is 1. The highest BCUT2D eigenvalue weighted by molar-refractivity contribution is 9.10. The van der Waals surface area contributed by atoms with E-state index in [1.54, 1.807) is 13.1 Å². The molecule has 0 fully saturated rings. The highest BCUT2D eigenvalue weighted by atomic mass is 79.9. The zero-order chi connectivity index (χ0) is 17.6. The zero-order valence-corrected chi connectivity index (χ0v) is 15.2. The van der Waals surface area contributed by atoms with Crippen LogP contribution in [0.1, 0.15) is 24.4 Å². The van der Waals surface area contributed by atoms with E-state index in [1.165, 1.54) is 0 Å². The average Bonchev–Trinajstić information content (AvgIpc) is 3.12. The number of nitrogens with zero attached hydrogens (tertiary/aromatic N) is 1. The van der Waals surface area contributed by atoms with Crippen LogP contribution in [0.15, 0.2) is 69.7 Å². The van der Waals surface area contributed by atoms with Crippen molar-refractivity contribution in [1.29, 1.82) is 0 Å². The van der Waals surface area contributed by atoms with Crippen LogP contribution in [0.2, 0.25) is 0 Å². The number of halogens is 1. The van der Waals surface area contributed by atoms with Crippen molar-refractivity contribution in [2.24, 2.45) is 0 Å². The van der Waals surface area contributed by atoms with Gasteiger partial charge in [0.25, 0.3) is 0 Å². The summed E-state index contributed by atoms with van der Waals surface area (Å²) in [5.41, 5.74) is 1.85. The van der Waals surface area contributed by atoms with Gasteiger partial charge in [0.2, 0.25) is 5.89 Å². The molecule has 0 radical (unpaired) electrons. The van der Waals surface area contributed by atoms with Crippen LogP contribution >= 0.6 is 15.9 Å². The van der Waals surface area contributed by atoms with Crippen molar-refractivity contribution in [1.82, 2.24) is 10.3 Å². The van der Waals surface area contributed by atoms with Crippen molar-refractivity contribution in [2.45, 2.75) is 19.6 Å². The molecule has 1 atom stereocenters. The number of aromatic nitrogens is 1. The minimum absolute atomic E-state index is 0.217. The van der Waals surface area contributed by atoms with Gasteiger partial charge >= 0.3 is 6.09 Å². The molecule has 0 bridgehead atoms. The van der Waals surface area contributed by atoms with E-state index in [-0.39, 0.29) is 6.61 Å². The van der Waals surface area contributed by atoms with Crippen molar-refractivity contribution < 1.29 is 13.9 Å². The lowest BCUT2D eigenvalue weighted by Crippen LogP contribution is -2.27. The first-order valence-corrected chi connectivity index (χ1v) is 8.60. The normalized spacial score (nSPS) is 11.8. The van der Waals surface area contributed by atoms with E-state index in [0.29, 0.717) is 11.7 Å². The molecule has 0 saturated carbocycles. The molecular weight excluding hydrogens is 384 g/mol. The average molecular weight is 401 g/mol. The molecule has 1 N–H and O–H groups in total. The molecule has 3 rings (SSSR count). The van der Waals surface area contributed by atoms with Gasteiger partial charge in [-0.05, 0) is 24.6 Å². The van der Waals surface area contributed by atoms with Gasteiger partial charge in [-0.3, -0.25) is 0 Å². The lowest BCUT2D eigenvalue weighted by Gasteiger charge is -2.11. The van der Waals surface area contributed by atoms with Crippen LogP contribution in [0, 0.1) is 0 Å². The molecule has 1 amide bonds. The molecule has 5 nitrogen and oxygen atoms in total. The Bertz CT molecular complexity index is 831. The van der Waals surface area contributed by atoms with Crippen molar-refractivity contribution >= 4 is 22.0 Å². The van der Waals surface area contributed by atoms with E-state index in [4.69, 9.17) is 9.15 Å². The van der Waals surface area contributed by atoms with E-state index in [0.717, 1.165) is 15.6 Å². The minimum atomic E-state index is -0.514. The van der Waals surface area contributed by atoms with Crippen LogP contribution in [0.4, 0.5) is 4.79 Å². The Morgan fingerprint density at radius 1 is 1.20 bits per heavy atom. The van der Waals surface area contributed by atoms with Crippen LogP contribution < -0.4 is 5.32 Å². The Morgan fingerprint density at radius 3 is 2.64 bits per heavy atom. The first-order valence-electron chi connectivity index (χ1n) is 7.80. The first kappa shape index (κ1) is 17.2. The summed E-state index contributed by atoms with van der Waals surface area (Å²) < 4.78 is 11.9. The van der Waals surface area contributed by atoms with Gasteiger partial charge in [-0.25, -0.2) is 9.78 Å². The fourth-order valence-electron chi connectivity index (χ4n) is 2.24. The summed E-state index contributed by atoms with van der Waals surface area (Å²) in [4.78, 5) is 16.1. The molecule has 25 heavy (non-hydrogen) atoms. The summed E-state index contributed by atoms with van der Waals surface area (Å²) in [6, 6.07) is 16.8. The Morgan fingerprint density at radius 2 is 1.92 bits per heavy atom. The highest BCUT2D eigenvalue weighted by Gasteiger charge is 2.16. The number of carbonyl (C=O) groups excluding carboxylic acids is 1. The van der Waals surface area contributed by atoms with Gasteiger partial charge in [0, 0.05) is 10.0 Å². The summed E-state index contributed by atoms with van der Waals surface area (Å²) in [5.74, 6) is 1.07. The molecule has 1 aromatic heterocycles. The van der Waals surface area contributed by atoms with E-state index in [2.05, 4.69) is 26.2 Å². The number of rotatable bonds is 5. The predicted molar refractivity (Wildman–Crippen MR) is 97.8 cm³/mol. The topological polar surface area (TPSA) is 64.4 Å². The number of carbonyl (C=O) groups is 1. The smallest absolute Gasteiger partial charge is 0.408 e. The fraction of sp³-hybridized carbons (Fsp3) is 0.158. The van der Waals surface area contributed by atoms with Crippen LogP contribution in [-0.2, 0) is 11.3 Å². The molecule has 1 heterocycles. The van der Waals surface area contributed by atoms with Gasteiger partial charge in [-0.1, -0.05) is 58.4 Å². The lowest BCUT2D eigenvalue weighted by atomic mass is 10.2. The van der Waals surface area contributed by atoms with Crippen LogP contribution in [0.5, 0.6) is 0 Å². The Kier molecular flexibility index (Phi) is 5.50. The Labute approximate surface area is 154 Å². The molecule has 0 spiro atoms. The molecule has 0 unspecified atom stereocenters. The third-order valence-electron chi connectivity index (χ3n) is 3.57. The van der Waals surface area contributed by atoms with Gasteiger partial charge in [0.05, 0.1) is 6.20 Å². The summed E-state index contributed by atoms with van der Waals surface area (Å²) in [6.45, 7) is 2.01. The molecular formula is C19H17BrN2O3. The SMILES string of the molecule is C[C@H](NC(=O)OCc1ccccc1)c1ncc(-c2ccc(Br)cc2)o1. The Balaban J connectivity index is 1.57. The number of amides is 1. The van der Waals surface area contributed by atoms with Crippen LogP contribution in [0.25, 0.3) is 11.3 Å². The number of benzene rings is 2. The third kappa shape index (κ3) is 4.70. The molecule has 0 aliphatic carbocycles. The maximum absolute atomic E-state index is 11.9. The van der Waals surface area contributed by atoms with E-state index >= 15 is 0 Å². The standard InChI is InChI=1S/C19H17BrN2O3/c1-13(22-19(23)24-12-14-5-3-2-4-6-14)18-21-11-17(25-18)15-7-9-16(20)10-8-15/h2-11,13H,12H2,1H3,(H,22,23)/t13-/m0/s1. The molecule has 3 aromatic rings. The number of oxazole rings is 1. The second kappa shape index (κ2) is 7.98. The van der Waals surface area contributed by atoms with Crippen molar-refractivity contribution in [3.05, 3.63) is 76.7 Å². The van der Waals surface area contributed by atoms with Gasteiger partial charge in [0.1, 0.15) is 12.6 Å². The van der Waals surface area contributed by atoms with E-state index in [1.807, 2.05) is 54.6 Å². The maximum atomic E-state index is 11.9. The van der Waals surface area contributed by atoms with Gasteiger partial charge in [-0.15, -0.1) is 0 Å². The van der Waals surface area contributed by atoms with Gasteiger partial charge in [0.15, 0.2) is 5.76 Å².